The second-order valence-electron chi connectivity index (χ2n) is 5.45. The lowest BCUT2D eigenvalue weighted by Gasteiger charge is -2.27. The van der Waals surface area contributed by atoms with Crippen LogP contribution in [0.1, 0.15) is 22.0 Å². The molecule has 2 aromatic rings. The van der Waals surface area contributed by atoms with E-state index < -0.39 is 10.0 Å². The molecule has 1 aromatic heterocycles. The van der Waals surface area contributed by atoms with E-state index in [-0.39, 0.29) is 24.2 Å². The third-order valence-electron chi connectivity index (χ3n) is 3.92. The maximum Gasteiger partial charge on any atom is 0.212 e. The van der Waals surface area contributed by atoms with Gasteiger partial charge in [0.05, 0.1) is 5.75 Å². The van der Waals surface area contributed by atoms with Crippen molar-refractivity contribution in [2.45, 2.75) is 18.9 Å². The molecule has 3 rings (SSSR count). The monoisotopic (exact) mass is 372 g/mol. The lowest BCUT2D eigenvalue weighted by Crippen LogP contribution is -2.39. The quantitative estimate of drug-likeness (QED) is 0.819. The molecule has 23 heavy (non-hydrogen) atoms. The second kappa shape index (κ2) is 8.26. The van der Waals surface area contributed by atoms with Crippen molar-refractivity contribution in [1.82, 2.24) is 10.0 Å². The predicted molar refractivity (Wildman–Crippen MR) is 98.0 cm³/mol. The Balaban J connectivity index is 0.00000192. The van der Waals surface area contributed by atoms with Crippen LogP contribution >= 0.6 is 23.7 Å². The van der Waals surface area contributed by atoms with Crippen LogP contribution in [0.25, 0.3) is 0 Å². The first-order chi connectivity index (χ1) is 10.6. The highest BCUT2D eigenvalue weighted by molar-refractivity contribution is 7.89. The van der Waals surface area contributed by atoms with Gasteiger partial charge in [0.25, 0.3) is 0 Å². The average Bonchev–Trinajstić information content (AvgIpc) is 3.05. The molecule has 1 aliphatic rings. The van der Waals surface area contributed by atoms with E-state index in [0.717, 1.165) is 17.8 Å². The molecule has 0 bridgehead atoms. The van der Waals surface area contributed by atoms with Gasteiger partial charge in [0, 0.05) is 17.5 Å². The highest BCUT2D eigenvalue weighted by Gasteiger charge is 2.21. The number of nitrogens with one attached hydrogen (secondary N) is 2. The van der Waals surface area contributed by atoms with E-state index >= 15 is 0 Å². The minimum atomic E-state index is -3.24. The maximum atomic E-state index is 12.1. The second-order valence-corrected chi connectivity index (χ2v) is 8.41. The van der Waals surface area contributed by atoms with Crippen LogP contribution in [0, 0.1) is 0 Å². The Morgan fingerprint density at radius 1 is 1.22 bits per heavy atom. The summed E-state index contributed by atoms with van der Waals surface area (Å²) in [6.45, 7) is 1.29. The van der Waals surface area contributed by atoms with Crippen molar-refractivity contribution in [3.63, 3.8) is 0 Å². The molecule has 2 N–H and O–H groups in total. The summed E-state index contributed by atoms with van der Waals surface area (Å²) in [4.78, 5) is 1.10. The highest BCUT2D eigenvalue weighted by Crippen LogP contribution is 2.22. The Morgan fingerprint density at radius 3 is 2.83 bits per heavy atom. The van der Waals surface area contributed by atoms with Crippen LogP contribution in [0.5, 0.6) is 0 Å². The van der Waals surface area contributed by atoms with Crippen LogP contribution in [0.15, 0.2) is 41.8 Å². The van der Waals surface area contributed by atoms with E-state index in [1.54, 1.807) is 11.3 Å². The Morgan fingerprint density at radius 2 is 2.04 bits per heavy atom. The number of sulfonamides is 1. The summed E-state index contributed by atoms with van der Waals surface area (Å²) in [6.07, 6.45) is 1.57. The van der Waals surface area contributed by atoms with E-state index in [1.165, 1.54) is 11.1 Å². The van der Waals surface area contributed by atoms with E-state index in [1.807, 2.05) is 29.6 Å². The van der Waals surface area contributed by atoms with Crippen molar-refractivity contribution in [3.8, 4) is 0 Å². The Bertz CT molecular complexity index is 717. The molecule has 4 nitrogen and oxygen atoms in total. The summed E-state index contributed by atoms with van der Waals surface area (Å²) in [5.74, 6) is 0.141. The first-order valence-electron chi connectivity index (χ1n) is 7.45. The lowest BCUT2D eigenvalue weighted by atomic mass is 9.95. The summed E-state index contributed by atoms with van der Waals surface area (Å²) < 4.78 is 27.0. The molecule has 7 heteroatoms. The molecule has 2 heterocycles. The van der Waals surface area contributed by atoms with Gasteiger partial charge in [-0.2, -0.15) is 0 Å². The topological polar surface area (TPSA) is 58.2 Å². The van der Waals surface area contributed by atoms with E-state index in [0.29, 0.717) is 13.0 Å². The Kier molecular flexibility index (Phi) is 6.61. The molecule has 1 aromatic carbocycles. The van der Waals surface area contributed by atoms with Crippen molar-refractivity contribution in [3.05, 3.63) is 57.8 Å². The maximum absolute atomic E-state index is 12.1. The fraction of sp³-hybridized carbons (Fsp3) is 0.375. The molecule has 126 valence electrons. The van der Waals surface area contributed by atoms with Crippen LogP contribution in [-0.2, 0) is 22.9 Å². The van der Waals surface area contributed by atoms with Crippen LogP contribution in [0.4, 0.5) is 0 Å². The molecular weight excluding hydrogens is 352 g/mol. The third-order valence-corrected chi connectivity index (χ3v) is 6.20. The summed E-state index contributed by atoms with van der Waals surface area (Å²) >= 11 is 1.60. The van der Waals surface area contributed by atoms with Crippen LogP contribution in [-0.4, -0.2) is 27.3 Å². The molecule has 0 saturated carbocycles. The van der Waals surface area contributed by atoms with Gasteiger partial charge in [-0.05, 0) is 42.0 Å². The molecule has 0 radical (unpaired) electrons. The standard InChI is InChI=1S/C16H20N2O2S2.ClH/c19-22(20,11-8-14-5-3-10-21-14)18-12-16-15-6-2-1-4-13(15)7-9-17-16;/h1-6,10,16-18H,7-9,11-12H2;1H. The fourth-order valence-corrected chi connectivity index (χ4v) is 4.64. The van der Waals surface area contributed by atoms with Gasteiger partial charge >= 0.3 is 0 Å². The number of hydrogen-bond donors (Lipinski definition) is 2. The minimum absolute atomic E-state index is 0. The number of halogens is 1. The van der Waals surface area contributed by atoms with Crippen molar-refractivity contribution in [1.29, 1.82) is 0 Å². The van der Waals surface area contributed by atoms with Gasteiger partial charge in [0.1, 0.15) is 0 Å². The van der Waals surface area contributed by atoms with Crippen LogP contribution in [0.2, 0.25) is 0 Å². The van der Waals surface area contributed by atoms with Crippen molar-refractivity contribution < 1.29 is 8.42 Å². The molecule has 0 fully saturated rings. The Hall–Kier alpha value is -0.920. The summed E-state index contributed by atoms with van der Waals surface area (Å²) in [5, 5.41) is 5.36. The zero-order valence-corrected chi connectivity index (χ0v) is 15.1. The molecule has 1 unspecified atom stereocenters. The zero-order chi connectivity index (χ0) is 15.4. The molecule has 0 saturated heterocycles. The molecule has 0 aliphatic carbocycles. The van der Waals surface area contributed by atoms with Crippen molar-refractivity contribution >= 4 is 33.8 Å². The summed E-state index contributed by atoms with van der Waals surface area (Å²) in [5.41, 5.74) is 2.51. The number of benzene rings is 1. The van der Waals surface area contributed by atoms with E-state index in [2.05, 4.69) is 22.2 Å². The molecule has 1 aliphatic heterocycles. The summed E-state index contributed by atoms with van der Waals surface area (Å²) in [6, 6.07) is 12.2. The van der Waals surface area contributed by atoms with Gasteiger partial charge in [-0.1, -0.05) is 30.3 Å². The van der Waals surface area contributed by atoms with Gasteiger partial charge in [-0.3, -0.25) is 0 Å². The molecule has 0 spiro atoms. The molecule has 1 atom stereocenters. The van der Waals surface area contributed by atoms with Crippen LogP contribution < -0.4 is 10.0 Å². The third kappa shape index (κ3) is 5.02. The van der Waals surface area contributed by atoms with Crippen LogP contribution in [0.3, 0.4) is 0 Å². The normalized spacial score (nSPS) is 17.3. The van der Waals surface area contributed by atoms with E-state index in [4.69, 9.17) is 0 Å². The highest BCUT2D eigenvalue weighted by atomic mass is 35.5. The van der Waals surface area contributed by atoms with E-state index in [9.17, 15) is 8.42 Å². The SMILES string of the molecule is Cl.O=S(=O)(CCc1cccs1)NCC1NCCc2ccccc21. The number of hydrogen-bond acceptors (Lipinski definition) is 4. The molecule has 0 amide bonds. The number of aryl methyl sites for hydroxylation is 1. The zero-order valence-electron chi connectivity index (χ0n) is 12.7. The van der Waals surface area contributed by atoms with Gasteiger partial charge in [0.15, 0.2) is 0 Å². The number of thiophene rings is 1. The first-order valence-corrected chi connectivity index (χ1v) is 9.98. The number of fused-ring (bicyclic) bond motifs is 1. The fourth-order valence-electron chi connectivity index (χ4n) is 2.75. The van der Waals surface area contributed by atoms with Gasteiger partial charge < -0.3 is 5.32 Å². The Labute approximate surface area is 147 Å². The van der Waals surface area contributed by atoms with Crippen molar-refractivity contribution in [2.75, 3.05) is 18.8 Å². The van der Waals surface area contributed by atoms with Gasteiger partial charge in [0.2, 0.25) is 10.0 Å². The van der Waals surface area contributed by atoms with Gasteiger partial charge in [-0.25, -0.2) is 13.1 Å². The predicted octanol–water partition coefficient (Wildman–Crippen LogP) is 2.52. The molecular formula is C16H21ClN2O2S2. The number of rotatable bonds is 6. The first kappa shape index (κ1) is 18.4. The van der Waals surface area contributed by atoms with Gasteiger partial charge in [-0.15, -0.1) is 23.7 Å². The smallest absolute Gasteiger partial charge is 0.212 e. The van der Waals surface area contributed by atoms with Crippen molar-refractivity contribution in [2.24, 2.45) is 0 Å². The largest absolute Gasteiger partial charge is 0.308 e. The lowest BCUT2D eigenvalue weighted by molar-refractivity contribution is 0.491. The average molecular weight is 373 g/mol. The minimum Gasteiger partial charge on any atom is -0.308 e. The summed E-state index contributed by atoms with van der Waals surface area (Å²) in [7, 11) is -3.24.